The molecule has 0 spiro atoms. The molecule has 0 bridgehead atoms. The van der Waals surface area contributed by atoms with Crippen molar-refractivity contribution in [3.05, 3.63) is 28.7 Å². The van der Waals surface area contributed by atoms with E-state index in [1.165, 1.54) is 0 Å². The molecule has 0 heterocycles. The van der Waals surface area contributed by atoms with E-state index >= 15 is 0 Å². The van der Waals surface area contributed by atoms with Crippen LogP contribution in [0.5, 0.6) is 5.75 Å². The van der Waals surface area contributed by atoms with Crippen LogP contribution in [0, 0.1) is 0 Å². The predicted octanol–water partition coefficient (Wildman–Crippen LogP) is 3.78. The Kier molecular flexibility index (Phi) is 4.39. The molecule has 0 aliphatic heterocycles. The second-order valence-corrected chi connectivity index (χ2v) is 3.78. The van der Waals surface area contributed by atoms with Crippen LogP contribution < -0.4 is 4.74 Å². The minimum atomic E-state index is 0.926. The van der Waals surface area contributed by atoms with Crippen LogP contribution in [0.15, 0.2) is 28.1 Å². The summed E-state index contributed by atoms with van der Waals surface area (Å²) in [6.07, 6.45) is 4.02. The maximum absolute atomic E-state index is 5.25. The van der Waals surface area contributed by atoms with Crippen molar-refractivity contribution in [2.45, 2.75) is 4.90 Å². The van der Waals surface area contributed by atoms with Gasteiger partial charge in [0.25, 0.3) is 0 Å². The van der Waals surface area contributed by atoms with Crippen LogP contribution in [-0.4, -0.2) is 13.4 Å². The Bertz CT molecular complexity index is 310. The molecule has 0 saturated heterocycles. The van der Waals surface area contributed by atoms with Gasteiger partial charge in [-0.25, -0.2) is 0 Å². The summed E-state index contributed by atoms with van der Waals surface area (Å²) < 4.78 is 5.25. The molecule has 0 aromatic heterocycles. The molecule has 1 aromatic rings. The summed E-state index contributed by atoms with van der Waals surface area (Å²) in [4.78, 5) is 3.00. The van der Waals surface area contributed by atoms with E-state index in [4.69, 9.17) is 4.74 Å². The number of methoxy groups -OCH3 is 1. The molecule has 3 heteroatoms. The van der Waals surface area contributed by atoms with E-state index in [-0.39, 0.29) is 0 Å². The van der Waals surface area contributed by atoms with Crippen molar-refractivity contribution in [2.75, 3.05) is 13.4 Å². The van der Waals surface area contributed by atoms with Gasteiger partial charge in [0, 0.05) is 4.90 Å². The van der Waals surface area contributed by atoms with Gasteiger partial charge in [-0.15, -0.1) is 11.8 Å². The van der Waals surface area contributed by atoms with Crippen molar-refractivity contribution < 1.29 is 4.74 Å². The highest BCUT2D eigenvalue weighted by Gasteiger charge is 2.00. The molecule has 1 nitrogen and oxygen atoms in total. The van der Waals surface area contributed by atoms with Crippen LogP contribution in [0.25, 0.3) is 6.08 Å². The Morgan fingerprint density at radius 3 is 2.77 bits per heavy atom. The lowest BCUT2D eigenvalue weighted by molar-refractivity contribution is 0.405. The minimum Gasteiger partial charge on any atom is -0.496 e. The highest BCUT2D eigenvalue weighted by Crippen LogP contribution is 2.28. The summed E-state index contributed by atoms with van der Waals surface area (Å²) in [5, 5.41) is 0. The van der Waals surface area contributed by atoms with Crippen molar-refractivity contribution in [2.24, 2.45) is 0 Å². The zero-order chi connectivity index (χ0) is 9.68. The summed E-state index contributed by atoms with van der Waals surface area (Å²) in [7, 11) is 1.69. The van der Waals surface area contributed by atoms with E-state index in [0.29, 0.717) is 0 Å². The van der Waals surface area contributed by atoms with Gasteiger partial charge in [0.05, 0.1) is 7.11 Å². The SMILES string of the molecule is COc1cc(/C=C/Br)ccc1SC. The summed E-state index contributed by atoms with van der Waals surface area (Å²) in [5.74, 6) is 0.926. The third-order valence-electron chi connectivity index (χ3n) is 1.66. The molecule has 0 radical (unpaired) electrons. The normalized spacial score (nSPS) is 10.7. The molecule has 0 N–H and O–H groups in total. The van der Waals surface area contributed by atoms with Crippen molar-refractivity contribution in [1.29, 1.82) is 0 Å². The fourth-order valence-electron chi connectivity index (χ4n) is 1.03. The lowest BCUT2D eigenvalue weighted by Crippen LogP contribution is -1.86. The van der Waals surface area contributed by atoms with Gasteiger partial charge in [0.2, 0.25) is 0 Å². The van der Waals surface area contributed by atoms with E-state index in [1.807, 2.05) is 23.4 Å². The highest BCUT2D eigenvalue weighted by atomic mass is 79.9. The summed E-state index contributed by atoms with van der Waals surface area (Å²) >= 11 is 4.93. The van der Waals surface area contributed by atoms with Crippen LogP contribution in [0.4, 0.5) is 0 Å². The molecule has 1 rings (SSSR count). The van der Waals surface area contributed by atoms with Gasteiger partial charge in [0.1, 0.15) is 5.75 Å². The van der Waals surface area contributed by atoms with Crippen molar-refractivity contribution in [3.8, 4) is 5.75 Å². The lowest BCUT2D eigenvalue weighted by Gasteiger charge is -2.06. The van der Waals surface area contributed by atoms with Crippen LogP contribution in [-0.2, 0) is 0 Å². The first-order valence-corrected chi connectivity index (χ1v) is 5.94. The van der Waals surface area contributed by atoms with Crippen LogP contribution in [0.2, 0.25) is 0 Å². The van der Waals surface area contributed by atoms with E-state index in [2.05, 4.69) is 28.1 Å². The van der Waals surface area contributed by atoms with Gasteiger partial charge < -0.3 is 4.74 Å². The minimum absolute atomic E-state index is 0.926. The van der Waals surface area contributed by atoms with Crippen LogP contribution >= 0.6 is 27.7 Å². The number of thioether (sulfide) groups is 1. The molecule has 0 atom stereocenters. The fraction of sp³-hybridized carbons (Fsp3) is 0.200. The Morgan fingerprint density at radius 2 is 2.23 bits per heavy atom. The molecule has 0 fully saturated rings. The predicted molar refractivity (Wildman–Crippen MR) is 62.7 cm³/mol. The number of ether oxygens (including phenoxy) is 1. The maximum atomic E-state index is 5.25. The molecule has 0 unspecified atom stereocenters. The third kappa shape index (κ3) is 2.78. The van der Waals surface area contributed by atoms with E-state index < -0.39 is 0 Å². The summed E-state index contributed by atoms with van der Waals surface area (Å²) in [6.45, 7) is 0. The van der Waals surface area contributed by atoms with E-state index in [1.54, 1.807) is 18.9 Å². The van der Waals surface area contributed by atoms with Gasteiger partial charge in [-0.2, -0.15) is 0 Å². The van der Waals surface area contributed by atoms with Crippen LogP contribution in [0.3, 0.4) is 0 Å². The topological polar surface area (TPSA) is 9.23 Å². The quantitative estimate of drug-likeness (QED) is 0.764. The van der Waals surface area contributed by atoms with Crippen molar-refractivity contribution in [1.82, 2.24) is 0 Å². The molecular formula is C10H11BrOS. The van der Waals surface area contributed by atoms with Gasteiger partial charge in [0.15, 0.2) is 0 Å². The maximum Gasteiger partial charge on any atom is 0.132 e. The lowest BCUT2D eigenvalue weighted by atomic mass is 10.2. The van der Waals surface area contributed by atoms with Gasteiger partial charge in [-0.05, 0) is 35.0 Å². The first kappa shape index (κ1) is 10.7. The van der Waals surface area contributed by atoms with Crippen molar-refractivity contribution >= 4 is 33.8 Å². The number of benzene rings is 1. The largest absolute Gasteiger partial charge is 0.496 e. The summed E-state index contributed by atoms with van der Waals surface area (Å²) in [6, 6.07) is 6.14. The molecule has 0 amide bonds. The Morgan fingerprint density at radius 1 is 1.46 bits per heavy atom. The van der Waals surface area contributed by atoms with E-state index in [0.717, 1.165) is 16.2 Å². The Labute approximate surface area is 91.3 Å². The average molecular weight is 259 g/mol. The fourth-order valence-corrected chi connectivity index (χ4v) is 1.88. The monoisotopic (exact) mass is 258 g/mol. The number of hydrogen-bond donors (Lipinski definition) is 0. The number of hydrogen-bond acceptors (Lipinski definition) is 2. The summed E-state index contributed by atoms with van der Waals surface area (Å²) in [5.41, 5.74) is 1.13. The third-order valence-corrected chi connectivity index (χ3v) is 2.70. The second-order valence-electron chi connectivity index (χ2n) is 2.41. The van der Waals surface area contributed by atoms with Gasteiger partial charge in [-0.1, -0.05) is 22.0 Å². The molecule has 0 aliphatic rings. The zero-order valence-electron chi connectivity index (χ0n) is 7.58. The second kappa shape index (κ2) is 5.35. The van der Waals surface area contributed by atoms with Gasteiger partial charge >= 0.3 is 0 Å². The first-order valence-electron chi connectivity index (χ1n) is 3.80. The number of rotatable bonds is 3. The molecule has 0 aliphatic carbocycles. The molecule has 13 heavy (non-hydrogen) atoms. The average Bonchev–Trinajstić information content (AvgIpc) is 2.18. The molecule has 0 saturated carbocycles. The number of halogens is 1. The molecule has 70 valence electrons. The van der Waals surface area contributed by atoms with Crippen molar-refractivity contribution in [3.63, 3.8) is 0 Å². The van der Waals surface area contributed by atoms with Crippen LogP contribution in [0.1, 0.15) is 5.56 Å². The Hall–Kier alpha value is -0.410. The molecule has 1 aromatic carbocycles. The molecular weight excluding hydrogens is 248 g/mol. The standard InChI is InChI=1S/C10H11BrOS/c1-12-9-7-8(5-6-11)3-4-10(9)13-2/h3-7H,1-2H3/b6-5+. The zero-order valence-corrected chi connectivity index (χ0v) is 9.98. The Balaban J connectivity index is 3.05. The van der Waals surface area contributed by atoms with Gasteiger partial charge in [-0.3, -0.25) is 0 Å². The first-order chi connectivity index (χ1) is 6.31. The van der Waals surface area contributed by atoms with E-state index in [9.17, 15) is 0 Å². The highest BCUT2D eigenvalue weighted by molar-refractivity contribution is 9.11. The smallest absolute Gasteiger partial charge is 0.132 e.